The van der Waals surface area contributed by atoms with Crippen molar-refractivity contribution < 1.29 is 19.7 Å². The number of aliphatic hydroxyl groups excluding tert-OH is 2. The monoisotopic (exact) mass is 286 g/mol. The number of aryl methyl sites for hydroxylation is 1. The van der Waals surface area contributed by atoms with Gasteiger partial charge in [-0.3, -0.25) is 0 Å². The van der Waals surface area contributed by atoms with E-state index in [4.69, 9.17) is 10.3 Å². The number of nitrogens with zero attached hydrogens (tertiary/aromatic N) is 4. The van der Waals surface area contributed by atoms with Crippen LogP contribution in [-0.4, -0.2) is 40.4 Å². The van der Waals surface area contributed by atoms with Gasteiger partial charge in [-0.25, -0.2) is 9.78 Å². The standard InChI is InChI=1S/C10H14N4O4S/c1-3-18-10(17)8-5(2)13-9(19-8)7(16)6(15)4-12-14-11/h6-7,15-16H,3-4H2,1-2H3. The molecule has 0 amide bonds. The lowest BCUT2D eigenvalue weighted by Crippen LogP contribution is -2.20. The first-order valence-corrected chi connectivity index (χ1v) is 6.34. The van der Waals surface area contributed by atoms with E-state index < -0.39 is 18.2 Å². The van der Waals surface area contributed by atoms with Gasteiger partial charge in [0.25, 0.3) is 0 Å². The van der Waals surface area contributed by atoms with E-state index in [2.05, 4.69) is 15.0 Å². The van der Waals surface area contributed by atoms with Crippen molar-refractivity contribution in [2.45, 2.75) is 26.1 Å². The molecule has 2 unspecified atom stereocenters. The normalized spacial score (nSPS) is 13.5. The number of ether oxygens (including phenoxy) is 1. The number of carbonyl (C=O) groups excluding carboxylic acids is 1. The Kier molecular flexibility index (Phi) is 5.71. The molecule has 1 aromatic heterocycles. The van der Waals surface area contributed by atoms with Crippen LogP contribution in [0.4, 0.5) is 0 Å². The van der Waals surface area contributed by atoms with E-state index in [0.29, 0.717) is 5.69 Å². The summed E-state index contributed by atoms with van der Waals surface area (Å²) in [5.74, 6) is -0.513. The van der Waals surface area contributed by atoms with Crippen LogP contribution in [0.1, 0.15) is 33.4 Å². The number of azide groups is 1. The summed E-state index contributed by atoms with van der Waals surface area (Å²) in [4.78, 5) is 18.4. The van der Waals surface area contributed by atoms with Gasteiger partial charge in [0.1, 0.15) is 16.0 Å². The Morgan fingerprint density at radius 2 is 2.32 bits per heavy atom. The van der Waals surface area contributed by atoms with Gasteiger partial charge >= 0.3 is 5.97 Å². The van der Waals surface area contributed by atoms with Crippen LogP contribution in [0.2, 0.25) is 0 Å². The molecule has 2 atom stereocenters. The Morgan fingerprint density at radius 3 is 2.89 bits per heavy atom. The number of carbonyl (C=O) groups is 1. The first kappa shape index (κ1) is 15.4. The zero-order valence-corrected chi connectivity index (χ0v) is 11.3. The zero-order valence-electron chi connectivity index (χ0n) is 10.5. The van der Waals surface area contributed by atoms with Crippen LogP contribution < -0.4 is 0 Å². The molecular formula is C10H14N4O4S. The molecule has 1 rings (SSSR count). The number of rotatable bonds is 6. The molecule has 104 valence electrons. The van der Waals surface area contributed by atoms with Crippen LogP contribution in [0.5, 0.6) is 0 Å². The molecule has 0 saturated heterocycles. The summed E-state index contributed by atoms with van der Waals surface area (Å²) in [6, 6.07) is 0. The summed E-state index contributed by atoms with van der Waals surface area (Å²) >= 11 is 0.947. The van der Waals surface area contributed by atoms with Crippen molar-refractivity contribution in [3.05, 3.63) is 26.0 Å². The van der Waals surface area contributed by atoms with Gasteiger partial charge in [0.05, 0.1) is 24.9 Å². The number of aliphatic hydroxyl groups is 2. The van der Waals surface area contributed by atoms with Crippen LogP contribution in [0.3, 0.4) is 0 Å². The van der Waals surface area contributed by atoms with Crippen molar-refractivity contribution in [2.75, 3.05) is 13.2 Å². The van der Waals surface area contributed by atoms with E-state index in [1.165, 1.54) is 0 Å². The summed E-state index contributed by atoms with van der Waals surface area (Å²) < 4.78 is 4.85. The summed E-state index contributed by atoms with van der Waals surface area (Å²) in [5, 5.41) is 22.8. The van der Waals surface area contributed by atoms with Gasteiger partial charge in [0.15, 0.2) is 0 Å². The Balaban J connectivity index is 2.87. The van der Waals surface area contributed by atoms with Crippen molar-refractivity contribution >= 4 is 17.3 Å². The average Bonchev–Trinajstić information content (AvgIpc) is 2.77. The van der Waals surface area contributed by atoms with Gasteiger partial charge < -0.3 is 14.9 Å². The summed E-state index contributed by atoms with van der Waals surface area (Å²) in [5.41, 5.74) is 8.56. The van der Waals surface area contributed by atoms with E-state index >= 15 is 0 Å². The topological polar surface area (TPSA) is 128 Å². The highest BCUT2D eigenvalue weighted by Gasteiger charge is 2.24. The van der Waals surface area contributed by atoms with Crippen LogP contribution in [0.15, 0.2) is 5.11 Å². The van der Waals surface area contributed by atoms with Gasteiger partial charge in [-0.15, -0.1) is 11.3 Å². The number of hydrogen-bond acceptors (Lipinski definition) is 7. The van der Waals surface area contributed by atoms with Crippen LogP contribution in [0.25, 0.3) is 10.4 Å². The molecule has 9 heteroatoms. The van der Waals surface area contributed by atoms with Crippen molar-refractivity contribution in [2.24, 2.45) is 5.11 Å². The van der Waals surface area contributed by atoms with E-state index in [1.54, 1.807) is 13.8 Å². The minimum absolute atomic E-state index is 0.182. The number of hydrogen-bond donors (Lipinski definition) is 2. The third kappa shape index (κ3) is 3.90. The minimum atomic E-state index is -1.31. The molecule has 0 saturated carbocycles. The molecule has 8 nitrogen and oxygen atoms in total. The smallest absolute Gasteiger partial charge is 0.350 e. The number of aromatic nitrogens is 1. The number of esters is 1. The maximum atomic E-state index is 11.6. The van der Waals surface area contributed by atoms with Crippen molar-refractivity contribution in [3.8, 4) is 0 Å². The Labute approximate surface area is 113 Å². The fraction of sp³-hybridized carbons (Fsp3) is 0.600. The highest BCUT2D eigenvalue weighted by Crippen LogP contribution is 2.26. The molecule has 1 heterocycles. The zero-order chi connectivity index (χ0) is 14.4. The number of thiazole rings is 1. The molecule has 0 aliphatic carbocycles. The predicted octanol–water partition coefficient (Wildman–Crippen LogP) is 1.33. The predicted molar refractivity (Wildman–Crippen MR) is 67.8 cm³/mol. The summed E-state index contributed by atoms with van der Waals surface area (Å²) in [6.07, 6.45) is -2.58. The van der Waals surface area contributed by atoms with Gasteiger partial charge in [-0.1, -0.05) is 5.11 Å². The summed E-state index contributed by atoms with van der Waals surface area (Å²) in [7, 11) is 0. The van der Waals surface area contributed by atoms with Gasteiger partial charge in [0, 0.05) is 4.91 Å². The van der Waals surface area contributed by atoms with Crippen molar-refractivity contribution in [1.29, 1.82) is 0 Å². The molecule has 0 aliphatic heterocycles. The second kappa shape index (κ2) is 7.05. The van der Waals surface area contributed by atoms with Crippen LogP contribution in [0, 0.1) is 6.92 Å². The second-order valence-corrected chi connectivity index (χ2v) is 4.64. The molecule has 0 bridgehead atoms. The fourth-order valence-electron chi connectivity index (χ4n) is 1.31. The van der Waals surface area contributed by atoms with Crippen molar-refractivity contribution in [1.82, 2.24) is 4.98 Å². The molecule has 0 spiro atoms. The van der Waals surface area contributed by atoms with Gasteiger partial charge in [-0.05, 0) is 19.4 Å². The first-order chi connectivity index (χ1) is 9.01. The third-order valence-corrected chi connectivity index (χ3v) is 3.43. The molecule has 0 radical (unpaired) electrons. The maximum Gasteiger partial charge on any atom is 0.350 e. The third-order valence-electron chi connectivity index (χ3n) is 2.22. The highest BCUT2D eigenvalue weighted by molar-refractivity contribution is 7.13. The molecule has 0 aliphatic rings. The van der Waals surface area contributed by atoms with E-state index in [0.717, 1.165) is 11.3 Å². The van der Waals surface area contributed by atoms with E-state index in [1.807, 2.05) is 0 Å². The second-order valence-electron chi connectivity index (χ2n) is 3.61. The summed E-state index contributed by atoms with van der Waals surface area (Å²) in [6.45, 7) is 3.27. The Morgan fingerprint density at radius 1 is 1.63 bits per heavy atom. The molecule has 2 N–H and O–H groups in total. The lowest BCUT2D eigenvalue weighted by molar-refractivity contribution is 0.0242. The molecular weight excluding hydrogens is 272 g/mol. The largest absolute Gasteiger partial charge is 0.462 e. The van der Waals surface area contributed by atoms with Gasteiger partial charge in [-0.2, -0.15) is 0 Å². The van der Waals surface area contributed by atoms with Crippen LogP contribution >= 0.6 is 11.3 Å². The maximum absolute atomic E-state index is 11.6. The highest BCUT2D eigenvalue weighted by atomic mass is 32.1. The fourth-order valence-corrected chi connectivity index (χ4v) is 2.32. The quantitative estimate of drug-likeness (QED) is 0.353. The van der Waals surface area contributed by atoms with Crippen LogP contribution in [-0.2, 0) is 4.74 Å². The van der Waals surface area contributed by atoms with E-state index in [9.17, 15) is 15.0 Å². The van der Waals surface area contributed by atoms with E-state index in [-0.39, 0.29) is 23.0 Å². The SMILES string of the molecule is CCOC(=O)c1sc(C(O)C(O)CN=[N+]=[N-])nc1C. The molecule has 1 aromatic rings. The lowest BCUT2D eigenvalue weighted by Gasteiger charge is -2.12. The van der Waals surface area contributed by atoms with Crippen molar-refractivity contribution in [3.63, 3.8) is 0 Å². The molecule has 19 heavy (non-hydrogen) atoms. The average molecular weight is 286 g/mol. The Bertz CT molecular complexity index is 498. The Hall–Kier alpha value is -1.67. The van der Waals surface area contributed by atoms with Gasteiger partial charge in [0.2, 0.25) is 0 Å². The molecule has 0 fully saturated rings. The molecule has 0 aromatic carbocycles. The minimum Gasteiger partial charge on any atom is -0.462 e. The first-order valence-electron chi connectivity index (χ1n) is 5.52. The lowest BCUT2D eigenvalue weighted by atomic mass is 10.2.